The van der Waals surface area contributed by atoms with Crippen molar-refractivity contribution in [2.45, 2.75) is 20.5 Å². The van der Waals surface area contributed by atoms with Crippen LogP contribution >= 0.6 is 0 Å². The van der Waals surface area contributed by atoms with E-state index in [-0.39, 0.29) is 12.6 Å². The van der Waals surface area contributed by atoms with Crippen LogP contribution in [-0.4, -0.2) is 18.8 Å². The average Bonchev–Trinajstić information content (AvgIpc) is 2.29. The van der Waals surface area contributed by atoms with Crippen LogP contribution in [-0.2, 0) is 16.1 Å². The van der Waals surface area contributed by atoms with Gasteiger partial charge in [-0.1, -0.05) is 0 Å². The van der Waals surface area contributed by atoms with Gasteiger partial charge in [0.15, 0.2) is 0 Å². The Hall–Kier alpha value is -2.04. The summed E-state index contributed by atoms with van der Waals surface area (Å²) in [6.07, 6.45) is 1.52. The second kappa shape index (κ2) is 6.52. The minimum Gasteiger partial charge on any atom is -0.493 e. The zero-order chi connectivity index (χ0) is 12.7. The van der Waals surface area contributed by atoms with Crippen molar-refractivity contribution in [3.63, 3.8) is 0 Å². The molecule has 0 spiro atoms. The first-order valence-corrected chi connectivity index (χ1v) is 5.29. The molecule has 1 rings (SSSR count). The fourth-order valence-corrected chi connectivity index (χ4v) is 1.35. The van der Waals surface area contributed by atoms with Crippen molar-refractivity contribution in [1.82, 2.24) is 0 Å². The minimum atomic E-state index is -0.328. The van der Waals surface area contributed by atoms with Gasteiger partial charge in [0.25, 0.3) is 0 Å². The van der Waals surface area contributed by atoms with Crippen molar-refractivity contribution in [1.29, 1.82) is 0 Å². The molecule has 2 N–H and O–H groups in total. The fraction of sp³-hybridized carbons (Fsp3) is 0.333. The van der Waals surface area contributed by atoms with Crippen LogP contribution in [0.2, 0.25) is 0 Å². The highest BCUT2D eigenvalue weighted by atomic mass is 16.5. The average molecular weight is 236 g/mol. The SMILES string of the molecule is CCOc1ccc(C=NN)cc1COC(C)=O. The molecular weight excluding hydrogens is 220 g/mol. The summed E-state index contributed by atoms with van der Waals surface area (Å²) in [5.41, 5.74) is 1.62. The van der Waals surface area contributed by atoms with Gasteiger partial charge in [-0.2, -0.15) is 5.10 Å². The van der Waals surface area contributed by atoms with E-state index < -0.39 is 0 Å². The van der Waals surface area contributed by atoms with E-state index in [0.717, 1.165) is 11.1 Å². The van der Waals surface area contributed by atoms with Crippen molar-refractivity contribution >= 4 is 12.2 Å². The maximum Gasteiger partial charge on any atom is 0.302 e. The molecule has 5 heteroatoms. The highest BCUT2D eigenvalue weighted by molar-refractivity contribution is 5.80. The largest absolute Gasteiger partial charge is 0.493 e. The highest BCUT2D eigenvalue weighted by Gasteiger charge is 2.06. The smallest absolute Gasteiger partial charge is 0.302 e. The summed E-state index contributed by atoms with van der Waals surface area (Å²) >= 11 is 0. The molecule has 0 unspecified atom stereocenters. The normalized spacial score (nSPS) is 10.5. The zero-order valence-corrected chi connectivity index (χ0v) is 9.97. The van der Waals surface area contributed by atoms with Crippen LogP contribution in [0.3, 0.4) is 0 Å². The molecule has 92 valence electrons. The number of nitrogens with zero attached hydrogens (tertiary/aromatic N) is 1. The quantitative estimate of drug-likeness (QED) is 0.363. The zero-order valence-electron chi connectivity index (χ0n) is 9.97. The van der Waals surface area contributed by atoms with Crippen LogP contribution in [0, 0.1) is 0 Å². The van der Waals surface area contributed by atoms with Gasteiger partial charge in [-0.15, -0.1) is 0 Å². The number of benzene rings is 1. The molecule has 0 saturated carbocycles. The van der Waals surface area contributed by atoms with Crippen LogP contribution in [0.5, 0.6) is 5.75 Å². The van der Waals surface area contributed by atoms with Crippen molar-refractivity contribution in [2.24, 2.45) is 10.9 Å². The van der Waals surface area contributed by atoms with Gasteiger partial charge in [-0.25, -0.2) is 0 Å². The Balaban J connectivity index is 2.93. The second-order valence-electron chi connectivity index (χ2n) is 3.36. The van der Waals surface area contributed by atoms with E-state index in [1.807, 2.05) is 19.1 Å². The number of hydrogen-bond donors (Lipinski definition) is 1. The van der Waals surface area contributed by atoms with Crippen LogP contribution < -0.4 is 10.6 Å². The summed E-state index contributed by atoms with van der Waals surface area (Å²) in [6, 6.07) is 5.46. The van der Waals surface area contributed by atoms with Gasteiger partial charge in [0.2, 0.25) is 0 Å². The summed E-state index contributed by atoms with van der Waals surface area (Å²) in [4.78, 5) is 10.8. The lowest BCUT2D eigenvalue weighted by Crippen LogP contribution is -2.03. The lowest BCUT2D eigenvalue weighted by molar-refractivity contribution is -0.142. The van der Waals surface area contributed by atoms with E-state index in [2.05, 4.69) is 5.10 Å². The number of hydrazone groups is 1. The summed E-state index contributed by atoms with van der Waals surface area (Å²) in [6.45, 7) is 3.99. The Labute approximate surface area is 100 Å². The molecule has 0 aliphatic carbocycles. The maximum atomic E-state index is 10.8. The molecule has 0 amide bonds. The fourth-order valence-electron chi connectivity index (χ4n) is 1.35. The third-order valence-corrected chi connectivity index (χ3v) is 2.04. The molecule has 1 aromatic carbocycles. The molecule has 5 nitrogen and oxygen atoms in total. The highest BCUT2D eigenvalue weighted by Crippen LogP contribution is 2.20. The number of rotatable bonds is 5. The van der Waals surface area contributed by atoms with E-state index in [4.69, 9.17) is 15.3 Å². The number of esters is 1. The first-order chi connectivity index (χ1) is 8.17. The van der Waals surface area contributed by atoms with E-state index in [9.17, 15) is 4.79 Å². The number of hydrogen-bond acceptors (Lipinski definition) is 5. The summed E-state index contributed by atoms with van der Waals surface area (Å²) in [7, 11) is 0. The van der Waals surface area contributed by atoms with Gasteiger partial charge in [-0.3, -0.25) is 4.79 Å². The molecule has 17 heavy (non-hydrogen) atoms. The Morgan fingerprint density at radius 3 is 2.88 bits per heavy atom. The van der Waals surface area contributed by atoms with Crippen molar-refractivity contribution in [2.75, 3.05) is 6.61 Å². The first kappa shape index (κ1) is 13.0. The van der Waals surface area contributed by atoms with Crippen LogP contribution in [0.4, 0.5) is 0 Å². The predicted molar refractivity (Wildman–Crippen MR) is 64.9 cm³/mol. The van der Waals surface area contributed by atoms with Gasteiger partial charge < -0.3 is 15.3 Å². The predicted octanol–water partition coefficient (Wildman–Crippen LogP) is 1.44. The summed E-state index contributed by atoms with van der Waals surface area (Å²) in [5, 5.41) is 3.44. The number of ether oxygens (including phenoxy) is 2. The Bertz CT molecular complexity index is 416. The first-order valence-electron chi connectivity index (χ1n) is 5.29. The number of carbonyl (C=O) groups excluding carboxylic acids is 1. The van der Waals surface area contributed by atoms with Gasteiger partial charge in [-0.05, 0) is 30.7 Å². The molecule has 0 bridgehead atoms. The van der Waals surface area contributed by atoms with E-state index in [1.54, 1.807) is 6.07 Å². The number of nitrogens with two attached hydrogens (primary N) is 1. The van der Waals surface area contributed by atoms with Crippen LogP contribution in [0.25, 0.3) is 0 Å². The molecule has 0 aliphatic heterocycles. The molecule has 0 aromatic heterocycles. The molecule has 1 aromatic rings. The summed E-state index contributed by atoms with van der Waals surface area (Å²) in [5.74, 6) is 5.45. The molecule has 0 saturated heterocycles. The number of carbonyl (C=O) groups is 1. The lowest BCUT2D eigenvalue weighted by Gasteiger charge is -2.10. The van der Waals surface area contributed by atoms with Crippen LogP contribution in [0.1, 0.15) is 25.0 Å². The van der Waals surface area contributed by atoms with Crippen molar-refractivity contribution in [3.05, 3.63) is 29.3 Å². The molecule has 0 fully saturated rings. The molecule has 0 atom stereocenters. The molecule has 0 radical (unpaired) electrons. The lowest BCUT2D eigenvalue weighted by atomic mass is 10.1. The van der Waals surface area contributed by atoms with Crippen molar-refractivity contribution < 1.29 is 14.3 Å². The molecular formula is C12H16N2O3. The maximum absolute atomic E-state index is 10.8. The van der Waals surface area contributed by atoms with Gasteiger partial charge >= 0.3 is 5.97 Å². The standard InChI is InChI=1S/C12H16N2O3/c1-3-16-12-5-4-10(7-14-13)6-11(12)8-17-9(2)15/h4-7H,3,8,13H2,1-2H3. The van der Waals surface area contributed by atoms with E-state index >= 15 is 0 Å². The third kappa shape index (κ3) is 4.14. The molecule has 0 aliphatic rings. The summed E-state index contributed by atoms with van der Waals surface area (Å²) < 4.78 is 10.4. The topological polar surface area (TPSA) is 73.9 Å². The van der Waals surface area contributed by atoms with Gasteiger partial charge in [0.1, 0.15) is 12.4 Å². The van der Waals surface area contributed by atoms with E-state index in [0.29, 0.717) is 12.4 Å². The minimum absolute atomic E-state index is 0.177. The second-order valence-corrected chi connectivity index (χ2v) is 3.36. The van der Waals surface area contributed by atoms with E-state index in [1.165, 1.54) is 13.1 Å². The third-order valence-electron chi connectivity index (χ3n) is 2.04. The van der Waals surface area contributed by atoms with Gasteiger partial charge in [0.05, 0.1) is 12.8 Å². The van der Waals surface area contributed by atoms with Gasteiger partial charge in [0, 0.05) is 12.5 Å². The Kier molecular flexibility index (Phi) is 5.00. The molecule has 0 heterocycles. The van der Waals surface area contributed by atoms with Crippen LogP contribution in [0.15, 0.2) is 23.3 Å². The monoisotopic (exact) mass is 236 g/mol. The Morgan fingerprint density at radius 2 is 2.29 bits per heavy atom. The Morgan fingerprint density at radius 1 is 1.53 bits per heavy atom. The van der Waals surface area contributed by atoms with Crippen molar-refractivity contribution in [3.8, 4) is 5.75 Å².